The fraction of sp³-hybridized carbons (Fsp3) is 0.529. The van der Waals surface area contributed by atoms with Crippen molar-refractivity contribution in [2.24, 2.45) is 5.92 Å². The van der Waals surface area contributed by atoms with Crippen molar-refractivity contribution < 1.29 is 18.7 Å². The van der Waals surface area contributed by atoms with Crippen LogP contribution in [0, 0.1) is 11.7 Å². The molecule has 0 aliphatic heterocycles. The molecule has 0 bridgehead atoms. The van der Waals surface area contributed by atoms with Gasteiger partial charge < -0.3 is 15.4 Å². The number of fused-ring (bicyclic) bond motifs is 1. The molecule has 2 aliphatic carbocycles. The van der Waals surface area contributed by atoms with Gasteiger partial charge in [0.2, 0.25) is 0 Å². The smallest absolute Gasteiger partial charge is 0.315 e. The Morgan fingerprint density at radius 2 is 2.04 bits per heavy atom. The molecule has 2 amide bonds. The van der Waals surface area contributed by atoms with Crippen LogP contribution < -0.4 is 10.6 Å². The van der Waals surface area contributed by atoms with Crippen molar-refractivity contribution in [3.63, 3.8) is 0 Å². The number of halogens is 1. The summed E-state index contributed by atoms with van der Waals surface area (Å²) in [5.74, 6) is -0.574. The van der Waals surface area contributed by atoms with Gasteiger partial charge in [-0.1, -0.05) is 6.07 Å². The molecular weight excluding hydrogens is 299 g/mol. The highest BCUT2D eigenvalue weighted by Crippen LogP contribution is 2.31. The Hall–Kier alpha value is -2.11. The lowest BCUT2D eigenvalue weighted by molar-refractivity contribution is -0.145. The Labute approximate surface area is 134 Å². The molecule has 124 valence electrons. The zero-order valence-electron chi connectivity index (χ0n) is 13.1. The second-order valence-corrected chi connectivity index (χ2v) is 6.28. The topological polar surface area (TPSA) is 67.4 Å². The first-order valence-electron chi connectivity index (χ1n) is 8.00. The van der Waals surface area contributed by atoms with Crippen molar-refractivity contribution in [3.8, 4) is 0 Å². The fourth-order valence-electron chi connectivity index (χ4n) is 3.61. The highest BCUT2D eigenvalue weighted by atomic mass is 19.1. The number of esters is 1. The summed E-state index contributed by atoms with van der Waals surface area (Å²) in [6.07, 6.45) is 3.68. The maximum absolute atomic E-state index is 13.2. The van der Waals surface area contributed by atoms with Gasteiger partial charge in [0.1, 0.15) is 5.82 Å². The van der Waals surface area contributed by atoms with E-state index in [1.165, 1.54) is 19.2 Å². The van der Waals surface area contributed by atoms with Crippen LogP contribution in [0.15, 0.2) is 18.2 Å². The Bertz CT molecular complexity index is 620. The summed E-state index contributed by atoms with van der Waals surface area (Å²) in [4.78, 5) is 23.7. The molecule has 0 heterocycles. The summed E-state index contributed by atoms with van der Waals surface area (Å²) in [5, 5.41) is 5.88. The van der Waals surface area contributed by atoms with Crippen LogP contribution in [0.3, 0.4) is 0 Å². The molecule has 5 nitrogen and oxygen atoms in total. The SMILES string of the molecule is COC(=O)[C@H]1CC[C@@H](NC(=O)N[C@@H]2CCc3cc(F)ccc32)C1. The van der Waals surface area contributed by atoms with Gasteiger partial charge in [-0.05, 0) is 55.4 Å². The van der Waals surface area contributed by atoms with E-state index in [0.29, 0.717) is 6.42 Å². The number of amides is 2. The number of rotatable bonds is 3. The highest BCUT2D eigenvalue weighted by molar-refractivity contribution is 5.76. The van der Waals surface area contributed by atoms with E-state index in [-0.39, 0.29) is 35.8 Å². The van der Waals surface area contributed by atoms with E-state index < -0.39 is 0 Å². The van der Waals surface area contributed by atoms with Gasteiger partial charge in [-0.15, -0.1) is 0 Å². The number of methoxy groups -OCH3 is 1. The molecule has 1 aromatic rings. The molecule has 0 aromatic heterocycles. The predicted molar refractivity (Wildman–Crippen MR) is 82.3 cm³/mol. The predicted octanol–water partition coefficient (Wildman–Crippen LogP) is 2.45. The van der Waals surface area contributed by atoms with Gasteiger partial charge in [0.05, 0.1) is 19.1 Å². The van der Waals surface area contributed by atoms with Gasteiger partial charge in [0.15, 0.2) is 0 Å². The quantitative estimate of drug-likeness (QED) is 0.841. The normalized spacial score (nSPS) is 25.7. The van der Waals surface area contributed by atoms with Crippen molar-refractivity contribution in [1.29, 1.82) is 0 Å². The van der Waals surface area contributed by atoms with Gasteiger partial charge >= 0.3 is 12.0 Å². The Morgan fingerprint density at radius 3 is 2.83 bits per heavy atom. The maximum Gasteiger partial charge on any atom is 0.315 e. The van der Waals surface area contributed by atoms with Crippen molar-refractivity contribution >= 4 is 12.0 Å². The molecule has 1 aromatic carbocycles. The van der Waals surface area contributed by atoms with Crippen LogP contribution in [0.25, 0.3) is 0 Å². The van der Waals surface area contributed by atoms with Gasteiger partial charge in [-0.25, -0.2) is 9.18 Å². The second-order valence-electron chi connectivity index (χ2n) is 6.28. The third kappa shape index (κ3) is 3.46. The van der Waals surface area contributed by atoms with Crippen LogP contribution in [0.1, 0.15) is 42.9 Å². The lowest BCUT2D eigenvalue weighted by Crippen LogP contribution is -2.42. The molecule has 0 radical (unpaired) electrons. The zero-order chi connectivity index (χ0) is 16.4. The fourth-order valence-corrected chi connectivity index (χ4v) is 3.61. The van der Waals surface area contributed by atoms with Gasteiger partial charge in [-0.2, -0.15) is 0 Å². The third-order valence-electron chi connectivity index (χ3n) is 4.79. The van der Waals surface area contributed by atoms with E-state index in [1.54, 1.807) is 6.07 Å². The number of hydrogen-bond donors (Lipinski definition) is 2. The Balaban J connectivity index is 1.53. The molecule has 3 rings (SSSR count). The number of carbonyl (C=O) groups is 2. The molecule has 1 saturated carbocycles. The van der Waals surface area contributed by atoms with E-state index in [1.807, 2.05) is 0 Å². The summed E-state index contributed by atoms with van der Waals surface area (Å²) in [6, 6.07) is 4.38. The van der Waals surface area contributed by atoms with Crippen molar-refractivity contribution in [2.75, 3.05) is 7.11 Å². The monoisotopic (exact) mass is 320 g/mol. The van der Waals surface area contributed by atoms with Crippen molar-refractivity contribution in [3.05, 3.63) is 35.1 Å². The van der Waals surface area contributed by atoms with Crippen LogP contribution in [0.2, 0.25) is 0 Å². The van der Waals surface area contributed by atoms with Crippen LogP contribution in [-0.2, 0) is 16.0 Å². The highest BCUT2D eigenvalue weighted by Gasteiger charge is 2.32. The number of nitrogens with one attached hydrogen (secondary N) is 2. The molecular formula is C17H21FN2O3. The van der Waals surface area contributed by atoms with Crippen LogP contribution in [-0.4, -0.2) is 25.2 Å². The molecule has 3 atom stereocenters. The molecule has 0 spiro atoms. The number of benzene rings is 1. The van der Waals surface area contributed by atoms with Gasteiger partial charge in [-0.3, -0.25) is 4.79 Å². The third-order valence-corrected chi connectivity index (χ3v) is 4.79. The Morgan fingerprint density at radius 1 is 1.22 bits per heavy atom. The second kappa shape index (κ2) is 6.56. The van der Waals surface area contributed by atoms with E-state index in [9.17, 15) is 14.0 Å². The molecule has 0 unspecified atom stereocenters. The number of aryl methyl sites for hydroxylation is 1. The number of ether oxygens (including phenoxy) is 1. The number of hydrogen-bond acceptors (Lipinski definition) is 3. The molecule has 6 heteroatoms. The van der Waals surface area contributed by atoms with E-state index in [4.69, 9.17) is 4.74 Å². The van der Waals surface area contributed by atoms with Crippen molar-refractivity contribution in [2.45, 2.75) is 44.2 Å². The summed E-state index contributed by atoms with van der Waals surface area (Å²) in [7, 11) is 1.39. The first-order valence-corrected chi connectivity index (χ1v) is 8.00. The largest absolute Gasteiger partial charge is 0.469 e. The average molecular weight is 320 g/mol. The average Bonchev–Trinajstić information content (AvgIpc) is 3.14. The van der Waals surface area contributed by atoms with Crippen LogP contribution in [0.4, 0.5) is 9.18 Å². The van der Waals surface area contributed by atoms with E-state index in [2.05, 4.69) is 10.6 Å². The van der Waals surface area contributed by atoms with Crippen LogP contribution in [0.5, 0.6) is 0 Å². The summed E-state index contributed by atoms with van der Waals surface area (Å²) >= 11 is 0. The minimum Gasteiger partial charge on any atom is -0.469 e. The lowest BCUT2D eigenvalue weighted by atomic mass is 10.1. The molecule has 2 N–H and O–H groups in total. The van der Waals surface area contributed by atoms with E-state index >= 15 is 0 Å². The molecule has 23 heavy (non-hydrogen) atoms. The first-order chi connectivity index (χ1) is 11.1. The molecule has 1 fully saturated rings. The summed E-state index contributed by atoms with van der Waals surface area (Å²) < 4.78 is 18.0. The molecule has 0 saturated heterocycles. The first kappa shape index (κ1) is 15.8. The van der Waals surface area contributed by atoms with Crippen molar-refractivity contribution in [1.82, 2.24) is 10.6 Å². The lowest BCUT2D eigenvalue weighted by Gasteiger charge is -2.18. The maximum atomic E-state index is 13.2. The summed E-state index contributed by atoms with van der Waals surface area (Å²) in [6.45, 7) is 0. The van der Waals surface area contributed by atoms with E-state index in [0.717, 1.165) is 36.8 Å². The number of urea groups is 1. The zero-order valence-corrected chi connectivity index (χ0v) is 13.1. The standard InChI is InChI=1S/C17H21FN2O3/c1-23-16(21)11-2-5-13(9-11)19-17(22)20-15-7-3-10-8-12(18)4-6-14(10)15/h4,6,8,11,13,15H,2-3,5,7,9H2,1H3,(H2,19,20,22)/t11-,13+,15+/m0/s1. The summed E-state index contributed by atoms with van der Waals surface area (Å²) in [5.41, 5.74) is 1.95. The minimum atomic E-state index is -0.242. The van der Waals surface area contributed by atoms with Crippen LogP contribution >= 0.6 is 0 Å². The number of carbonyl (C=O) groups excluding carboxylic acids is 2. The minimum absolute atomic E-state index is 0.00630. The van der Waals surface area contributed by atoms with Gasteiger partial charge in [0, 0.05) is 6.04 Å². The molecule has 2 aliphatic rings. The Kier molecular flexibility index (Phi) is 4.50. The van der Waals surface area contributed by atoms with Gasteiger partial charge in [0.25, 0.3) is 0 Å².